The van der Waals surface area contributed by atoms with Crippen LogP contribution in [0.5, 0.6) is 5.75 Å². The lowest BCUT2D eigenvalue weighted by atomic mass is 9.96. The molecule has 0 bridgehead atoms. The molecule has 1 heterocycles. The van der Waals surface area contributed by atoms with Crippen LogP contribution in [0, 0.1) is 0 Å². The molecule has 0 saturated carbocycles. The average Bonchev–Trinajstić information content (AvgIpc) is 2.85. The van der Waals surface area contributed by atoms with Crippen molar-refractivity contribution in [2.24, 2.45) is 4.99 Å². The first kappa shape index (κ1) is 25.5. The molecule has 3 aromatic carbocycles. The van der Waals surface area contributed by atoms with Crippen molar-refractivity contribution in [2.45, 2.75) is 18.7 Å². The van der Waals surface area contributed by atoms with Crippen LogP contribution in [0.2, 0.25) is 15.1 Å². The van der Waals surface area contributed by atoms with Crippen molar-refractivity contribution < 1.29 is 9.53 Å². The molecule has 1 amide bonds. The number of amidine groups is 1. The van der Waals surface area contributed by atoms with E-state index in [0.717, 1.165) is 22.0 Å². The fraction of sp³-hybridized carbons (Fsp3) is 0.154. The number of aliphatic imine (C=N–C) groups is 1. The van der Waals surface area contributed by atoms with Gasteiger partial charge in [-0.05, 0) is 60.5 Å². The van der Waals surface area contributed by atoms with Crippen LogP contribution in [-0.2, 0) is 10.5 Å². The number of rotatable bonds is 6. The number of thioether (sulfide) groups is 1. The van der Waals surface area contributed by atoms with Crippen LogP contribution in [0.15, 0.2) is 83.0 Å². The third-order valence-corrected chi connectivity index (χ3v) is 7.12. The van der Waals surface area contributed by atoms with Gasteiger partial charge in [0, 0.05) is 21.5 Å². The number of amides is 1. The number of carbonyl (C=O) groups is 1. The van der Waals surface area contributed by atoms with E-state index < -0.39 is 6.04 Å². The Balaban J connectivity index is 1.60. The average molecular weight is 547 g/mol. The van der Waals surface area contributed by atoms with Crippen molar-refractivity contribution >= 4 is 63.3 Å². The number of halogens is 3. The maximum atomic E-state index is 13.4. The van der Waals surface area contributed by atoms with Gasteiger partial charge < -0.3 is 15.4 Å². The van der Waals surface area contributed by atoms with Gasteiger partial charge in [0.2, 0.25) is 0 Å². The van der Waals surface area contributed by atoms with E-state index in [4.69, 9.17) is 44.5 Å². The Morgan fingerprint density at radius 2 is 1.71 bits per heavy atom. The van der Waals surface area contributed by atoms with E-state index in [0.29, 0.717) is 37.8 Å². The fourth-order valence-corrected chi connectivity index (χ4v) is 5.04. The van der Waals surface area contributed by atoms with Crippen LogP contribution in [0.1, 0.15) is 24.1 Å². The number of methoxy groups -OCH3 is 1. The lowest BCUT2D eigenvalue weighted by molar-refractivity contribution is -0.113. The van der Waals surface area contributed by atoms with E-state index in [1.807, 2.05) is 43.3 Å². The molecular formula is C26H22Cl3N3O2S. The second-order valence-corrected chi connectivity index (χ2v) is 10.0. The van der Waals surface area contributed by atoms with Gasteiger partial charge in [-0.15, -0.1) is 0 Å². The predicted octanol–water partition coefficient (Wildman–Crippen LogP) is 7.50. The summed E-state index contributed by atoms with van der Waals surface area (Å²) in [4.78, 5) is 18.3. The highest BCUT2D eigenvalue weighted by Crippen LogP contribution is 2.35. The summed E-state index contributed by atoms with van der Waals surface area (Å²) in [6, 6.07) is 19.6. The maximum Gasteiger partial charge on any atom is 0.255 e. The quantitative estimate of drug-likeness (QED) is 0.336. The summed E-state index contributed by atoms with van der Waals surface area (Å²) in [5.74, 6) is 1.21. The van der Waals surface area contributed by atoms with E-state index in [1.165, 1.54) is 0 Å². The van der Waals surface area contributed by atoms with Crippen molar-refractivity contribution in [3.63, 3.8) is 0 Å². The van der Waals surface area contributed by atoms with Crippen LogP contribution < -0.4 is 15.4 Å². The first-order chi connectivity index (χ1) is 16.8. The molecule has 0 unspecified atom stereocenters. The van der Waals surface area contributed by atoms with Gasteiger partial charge in [0.05, 0.1) is 23.4 Å². The third kappa shape index (κ3) is 6.33. The fourth-order valence-electron chi connectivity index (χ4n) is 3.55. The minimum Gasteiger partial charge on any atom is -0.497 e. The molecule has 180 valence electrons. The van der Waals surface area contributed by atoms with Crippen molar-refractivity contribution in [1.82, 2.24) is 5.32 Å². The molecule has 0 saturated heterocycles. The Bertz CT molecular complexity index is 1290. The molecular weight excluding hydrogens is 525 g/mol. The molecule has 0 spiro atoms. The number of anilines is 1. The van der Waals surface area contributed by atoms with Gasteiger partial charge in [-0.3, -0.25) is 4.79 Å². The number of nitrogens with zero attached hydrogens (tertiary/aromatic N) is 1. The minimum atomic E-state index is -0.516. The van der Waals surface area contributed by atoms with Crippen molar-refractivity contribution in [3.8, 4) is 5.75 Å². The summed E-state index contributed by atoms with van der Waals surface area (Å²) in [5.41, 5.74) is 3.66. The zero-order valence-electron chi connectivity index (χ0n) is 18.9. The van der Waals surface area contributed by atoms with Crippen molar-refractivity contribution in [2.75, 3.05) is 12.4 Å². The number of allylic oxidation sites excluding steroid dienone is 1. The van der Waals surface area contributed by atoms with Gasteiger partial charge in [-0.1, -0.05) is 70.8 Å². The molecule has 1 aliphatic rings. The predicted molar refractivity (Wildman–Crippen MR) is 147 cm³/mol. The molecule has 1 aliphatic heterocycles. The van der Waals surface area contributed by atoms with Gasteiger partial charge in [0.1, 0.15) is 11.8 Å². The summed E-state index contributed by atoms with van der Waals surface area (Å²) >= 11 is 19.9. The number of nitrogens with one attached hydrogen (secondary N) is 2. The van der Waals surface area contributed by atoms with Gasteiger partial charge in [0.15, 0.2) is 5.17 Å². The largest absolute Gasteiger partial charge is 0.497 e. The molecule has 2 N–H and O–H groups in total. The second-order valence-electron chi connectivity index (χ2n) is 7.77. The van der Waals surface area contributed by atoms with E-state index in [-0.39, 0.29) is 5.91 Å². The molecule has 0 aliphatic carbocycles. The van der Waals surface area contributed by atoms with Gasteiger partial charge in [-0.25, -0.2) is 4.99 Å². The van der Waals surface area contributed by atoms with Gasteiger partial charge in [0.25, 0.3) is 5.91 Å². The van der Waals surface area contributed by atoms with Gasteiger partial charge in [-0.2, -0.15) is 0 Å². The number of ether oxygens (including phenoxy) is 1. The Labute approximate surface area is 223 Å². The highest BCUT2D eigenvalue weighted by molar-refractivity contribution is 8.13. The lowest BCUT2D eigenvalue weighted by Gasteiger charge is -2.26. The molecule has 0 aromatic heterocycles. The first-order valence-corrected chi connectivity index (χ1v) is 12.8. The number of hydrogen-bond acceptors (Lipinski definition) is 5. The Hall–Kier alpha value is -2.64. The molecule has 9 heteroatoms. The minimum absolute atomic E-state index is 0.304. The molecule has 35 heavy (non-hydrogen) atoms. The van der Waals surface area contributed by atoms with Crippen LogP contribution in [-0.4, -0.2) is 18.2 Å². The number of carbonyl (C=O) groups excluding carboxylic acids is 1. The first-order valence-electron chi connectivity index (χ1n) is 10.7. The van der Waals surface area contributed by atoms with Crippen LogP contribution >= 0.6 is 46.6 Å². The molecule has 0 fully saturated rings. The van der Waals surface area contributed by atoms with Crippen molar-refractivity contribution in [1.29, 1.82) is 0 Å². The summed E-state index contributed by atoms with van der Waals surface area (Å²) < 4.78 is 5.23. The second kappa shape index (κ2) is 11.4. The van der Waals surface area contributed by atoms with Crippen LogP contribution in [0.3, 0.4) is 0 Å². The smallest absolute Gasteiger partial charge is 0.255 e. The molecule has 0 radical (unpaired) electrons. The van der Waals surface area contributed by atoms with E-state index in [9.17, 15) is 4.79 Å². The highest BCUT2D eigenvalue weighted by atomic mass is 35.5. The molecule has 1 atom stereocenters. The third-order valence-electron chi connectivity index (χ3n) is 5.36. The zero-order chi connectivity index (χ0) is 24.9. The Morgan fingerprint density at radius 1 is 1.03 bits per heavy atom. The van der Waals surface area contributed by atoms with Crippen LogP contribution in [0.25, 0.3) is 0 Å². The standard InChI is InChI=1S/C26H22Cl3N3O2S/c1-15-23(25(33)31-22-12-9-19(28)13-21(22)29)24(17-5-7-18(27)8-6-17)32-26(30-15)35-14-16-3-10-20(34-2)11-4-16/h3-13,24H,14H2,1-2H3,(H,30,32)(H,31,33)/t24-/m1/s1. The summed E-state index contributed by atoms with van der Waals surface area (Å²) in [6.07, 6.45) is 0. The Morgan fingerprint density at radius 3 is 2.37 bits per heavy atom. The molecule has 4 rings (SSSR count). The molecule has 5 nitrogen and oxygen atoms in total. The summed E-state index contributed by atoms with van der Waals surface area (Å²) in [7, 11) is 1.64. The monoisotopic (exact) mass is 545 g/mol. The van der Waals surface area contributed by atoms with Gasteiger partial charge >= 0.3 is 0 Å². The van der Waals surface area contributed by atoms with E-state index in [1.54, 1.807) is 49.2 Å². The summed E-state index contributed by atoms with van der Waals surface area (Å²) in [5, 5.41) is 8.36. The lowest BCUT2D eigenvalue weighted by Crippen LogP contribution is -2.32. The zero-order valence-corrected chi connectivity index (χ0v) is 22.0. The highest BCUT2D eigenvalue weighted by Gasteiger charge is 2.30. The summed E-state index contributed by atoms with van der Waals surface area (Å²) in [6.45, 7) is 1.87. The van der Waals surface area contributed by atoms with E-state index in [2.05, 4.69) is 10.6 Å². The topological polar surface area (TPSA) is 62.7 Å². The number of benzene rings is 3. The maximum absolute atomic E-state index is 13.4. The van der Waals surface area contributed by atoms with Crippen LogP contribution in [0.4, 0.5) is 5.69 Å². The van der Waals surface area contributed by atoms with E-state index >= 15 is 0 Å². The molecule has 3 aromatic rings. The Kier molecular flexibility index (Phi) is 8.29. The SMILES string of the molecule is COc1ccc(CSC2=N[C@H](c3ccc(Cl)cc3)C(C(=O)Nc3ccc(Cl)cc3Cl)=C(C)N2)cc1. The van der Waals surface area contributed by atoms with Crippen molar-refractivity contribution in [3.05, 3.63) is 104 Å². The normalized spacial score (nSPS) is 15.3. The number of hydrogen-bond donors (Lipinski definition) is 2.